The van der Waals surface area contributed by atoms with Gasteiger partial charge < -0.3 is 0 Å². The normalized spacial score (nSPS) is 41.3. The van der Waals surface area contributed by atoms with Crippen LogP contribution in [0.2, 0.25) is 0 Å². The molecule has 4 bridgehead atoms. The minimum Gasteiger partial charge on any atom is -0.299 e. The maximum Gasteiger partial charge on any atom is 0.139 e. The van der Waals surface area contributed by atoms with Gasteiger partial charge in [-0.25, -0.2) is 0 Å². The van der Waals surface area contributed by atoms with E-state index in [1.165, 1.54) is 44.1 Å². The quantitative estimate of drug-likeness (QED) is 0.771. The van der Waals surface area contributed by atoms with Gasteiger partial charge in [0.2, 0.25) is 0 Å². The van der Waals surface area contributed by atoms with Crippen molar-refractivity contribution in [2.45, 2.75) is 38.5 Å². The number of carbonyl (C=O) groups excluding carboxylic acids is 1. The average Bonchev–Trinajstić information content (AvgIpc) is 2.35. The van der Waals surface area contributed by atoms with Gasteiger partial charge >= 0.3 is 0 Å². The third-order valence-electron chi connectivity index (χ3n) is 5.54. The molecule has 1 heteroatoms. The molecule has 0 aliphatic heterocycles. The topological polar surface area (TPSA) is 17.1 Å². The van der Waals surface area contributed by atoms with E-state index < -0.39 is 0 Å². The summed E-state index contributed by atoms with van der Waals surface area (Å²) in [4.78, 5) is 12.2. The molecule has 4 fully saturated rings. The molecule has 0 radical (unpaired) electrons. The number of rotatable bonds is 2. The van der Waals surface area contributed by atoms with Crippen molar-refractivity contribution in [3.05, 3.63) is 35.9 Å². The maximum absolute atomic E-state index is 12.2. The van der Waals surface area contributed by atoms with Crippen LogP contribution in [0.4, 0.5) is 0 Å². The zero-order chi connectivity index (χ0) is 12.2. The first-order valence-corrected chi connectivity index (χ1v) is 7.32. The number of hydrogen-bond donors (Lipinski definition) is 0. The molecule has 0 amide bonds. The van der Waals surface area contributed by atoms with Gasteiger partial charge in [0.05, 0.1) is 0 Å². The third-order valence-corrected chi connectivity index (χ3v) is 5.54. The summed E-state index contributed by atoms with van der Waals surface area (Å²) in [7, 11) is 0. The average molecular weight is 240 g/mol. The predicted octanol–water partition coefficient (Wildman–Crippen LogP) is 3.62. The van der Waals surface area contributed by atoms with Crippen LogP contribution in [0.15, 0.2) is 30.3 Å². The van der Waals surface area contributed by atoms with Crippen molar-refractivity contribution in [1.82, 2.24) is 0 Å². The number of hydrogen-bond acceptors (Lipinski definition) is 1. The Kier molecular flexibility index (Phi) is 2.21. The van der Waals surface area contributed by atoms with E-state index in [1.807, 2.05) is 0 Å². The van der Waals surface area contributed by atoms with Crippen molar-refractivity contribution in [3.63, 3.8) is 0 Å². The summed E-state index contributed by atoms with van der Waals surface area (Å²) in [5.41, 5.74) is 1.93. The highest BCUT2D eigenvalue weighted by atomic mass is 16.1. The fourth-order valence-electron chi connectivity index (χ4n) is 5.15. The molecule has 0 spiro atoms. The lowest BCUT2D eigenvalue weighted by atomic mass is 9.48. The molecule has 0 aromatic heterocycles. The standard InChI is InChI=1S/C17H20O/c18-16-14-6-13-7-15(16)11-17(9-13,10-14)8-12-4-2-1-3-5-12/h1-5,13-15H,6-11H2. The summed E-state index contributed by atoms with van der Waals surface area (Å²) in [5.74, 6) is 2.29. The van der Waals surface area contributed by atoms with Gasteiger partial charge in [0, 0.05) is 11.8 Å². The molecule has 0 saturated heterocycles. The van der Waals surface area contributed by atoms with Gasteiger partial charge in [-0.3, -0.25) is 4.79 Å². The third kappa shape index (κ3) is 1.56. The van der Waals surface area contributed by atoms with E-state index in [9.17, 15) is 4.79 Å². The van der Waals surface area contributed by atoms with Crippen LogP contribution >= 0.6 is 0 Å². The summed E-state index contributed by atoms with van der Waals surface area (Å²) in [5, 5.41) is 0. The highest BCUT2D eigenvalue weighted by Gasteiger charge is 2.54. The summed E-state index contributed by atoms with van der Waals surface area (Å²) in [6, 6.07) is 10.9. The Hall–Kier alpha value is -1.11. The molecule has 2 unspecified atom stereocenters. The van der Waals surface area contributed by atoms with Crippen LogP contribution in [-0.4, -0.2) is 5.78 Å². The van der Waals surface area contributed by atoms with Gasteiger partial charge in [0.1, 0.15) is 5.78 Å². The first-order valence-electron chi connectivity index (χ1n) is 7.32. The smallest absolute Gasteiger partial charge is 0.139 e. The maximum atomic E-state index is 12.2. The van der Waals surface area contributed by atoms with Gasteiger partial charge in [-0.1, -0.05) is 30.3 Å². The van der Waals surface area contributed by atoms with Crippen molar-refractivity contribution < 1.29 is 4.79 Å². The molecule has 0 N–H and O–H groups in total. The molecule has 1 aromatic carbocycles. The number of carbonyl (C=O) groups is 1. The van der Waals surface area contributed by atoms with E-state index in [2.05, 4.69) is 30.3 Å². The van der Waals surface area contributed by atoms with Crippen LogP contribution in [0.3, 0.4) is 0 Å². The molecule has 4 aliphatic carbocycles. The van der Waals surface area contributed by atoms with E-state index in [0.717, 1.165) is 5.92 Å². The molecular formula is C17H20O. The molecule has 5 rings (SSSR count). The second-order valence-corrected chi connectivity index (χ2v) is 6.91. The Morgan fingerprint density at radius 3 is 2.33 bits per heavy atom. The predicted molar refractivity (Wildman–Crippen MR) is 71.1 cm³/mol. The largest absolute Gasteiger partial charge is 0.299 e. The first kappa shape index (κ1) is 10.8. The van der Waals surface area contributed by atoms with Crippen LogP contribution in [0.1, 0.15) is 37.7 Å². The molecule has 1 nitrogen and oxygen atoms in total. The molecule has 0 heterocycles. The van der Waals surface area contributed by atoms with Gasteiger partial charge in [-0.2, -0.15) is 0 Å². The molecule has 18 heavy (non-hydrogen) atoms. The van der Waals surface area contributed by atoms with E-state index in [-0.39, 0.29) is 0 Å². The van der Waals surface area contributed by atoms with Crippen molar-refractivity contribution >= 4 is 5.78 Å². The molecule has 1 aromatic rings. The van der Waals surface area contributed by atoms with E-state index in [0.29, 0.717) is 23.0 Å². The molecule has 94 valence electrons. The fraction of sp³-hybridized carbons (Fsp3) is 0.588. The molecular weight excluding hydrogens is 220 g/mol. The van der Waals surface area contributed by atoms with Crippen LogP contribution in [-0.2, 0) is 11.2 Å². The monoisotopic (exact) mass is 240 g/mol. The van der Waals surface area contributed by atoms with Gasteiger partial charge in [0.15, 0.2) is 0 Å². The van der Waals surface area contributed by atoms with Gasteiger partial charge in [-0.05, 0) is 55.4 Å². The number of Topliss-reactive ketones (excluding diaryl/α,β-unsaturated/α-hetero) is 1. The van der Waals surface area contributed by atoms with E-state index in [4.69, 9.17) is 0 Å². The number of ketones is 1. The zero-order valence-electron chi connectivity index (χ0n) is 10.8. The van der Waals surface area contributed by atoms with Crippen molar-refractivity contribution in [2.24, 2.45) is 23.2 Å². The summed E-state index contributed by atoms with van der Waals surface area (Å²) < 4.78 is 0. The number of benzene rings is 1. The van der Waals surface area contributed by atoms with Gasteiger partial charge in [0.25, 0.3) is 0 Å². The Balaban J connectivity index is 1.63. The highest BCUT2D eigenvalue weighted by Crippen LogP contribution is 2.59. The fourth-order valence-corrected chi connectivity index (χ4v) is 5.15. The Morgan fingerprint density at radius 1 is 1.00 bits per heavy atom. The van der Waals surface area contributed by atoms with E-state index in [1.54, 1.807) is 0 Å². The summed E-state index contributed by atoms with van der Waals surface area (Å²) in [6.45, 7) is 0. The molecule has 4 saturated carbocycles. The lowest BCUT2D eigenvalue weighted by Crippen LogP contribution is -2.52. The summed E-state index contributed by atoms with van der Waals surface area (Å²) >= 11 is 0. The van der Waals surface area contributed by atoms with Crippen LogP contribution in [0, 0.1) is 23.2 Å². The van der Waals surface area contributed by atoms with Gasteiger partial charge in [-0.15, -0.1) is 0 Å². The zero-order valence-corrected chi connectivity index (χ0v) is 10.8. The van der Waals surface area contributed by atoms with Crippen LogP contribution in [0.25, 0.3) is 0 Å². The van der Waals surface area contributed by atoms with E-state index >= 15 is 0 Å². The lowest BCUT2D eigenvalue weighted by molar-refractivity contribution is -0.147. The second-order valence-electron chi connectivity index (χ2n) is 6.91. The SMILES string of the molecule is O=C1C2CC3CC1CC(Cc1ccccc1)(C3)C2. The Labute approximate surface area is 109 Å². The molecule has 4 aliphatic rings. The summed E-state index contributed by atoms with van der Waals surface area (Å²) in [6.07, 6.45) is 7.33. The minimum absolute atomic E-state index is 0.417. The minimum atomic E-state index is 0.417. The van der Waals surface area contributed by atoms with Crippen LogP contribution < -0.4 is 0 Å². The van der Waals surface area contributed by atoms with Crippen molar-refractivity contribution in [1.29, 1.82) is 0 Å². The second kappa shape index (κ2) is 3.69. The van der Waals surface area contributed by atoms with Crippen molar-refractivity contribution in [2.75, 3.05) is 0 Å². The Morgan fingerprint density at radius 2 is 1.67 bits per heavy atom. The highest BCUT2D eigenvalue weighted by molar-refractivity contribution is 5.85. The molecule has 2 atom stereocenters. The first-order chi connectivity index (χ1) is 8.74. The lowest BCUT2D eigenvalue weighted by Gasteiger charge is -2.56. The van der Waals surface area contributed by atoms with Crippen molar-refractivity contribution in [3.8, 4) is 0 Å². The Bertz CT molecular complexity index is 458. The van der Waals surface area contributed by atoms with Crippen LogP contribution in [0.5, 0.6) is 0 Å².